The smallest absolute Gasteiger partial charge is 0.255 e. The zero-order chi connectivity index (χ0) is 19.1. The van der Waals surface area contributed by atoms with Gasteiger partial charge in [-0.05, 0) is 48.7 Å². The Morgan fingerprint density at radius 2 is 1.89 bits per heavy atom. The predicted molar refractivity (Wildman–Crippen MR) is 112 cm³/mol. The van der Waals surface area contributed by atoms with Crippen LogP contribution >= 0.6 is 0 Å². The number of allylic oxidation sites excluding steroid dienone is 2. The van der Waals surface area contributed by atoms with Crippen molar-refractivity contribution in [3.63, 3.8) is 0 Å². The fraction of sp³-hybridized carbons (Fsp3) is 0.273. The summed E-state index contributed by atoms with van der Waals surface area (Å²) >= 11 is 0. The molecule has 0 spiro atoms. The summed E-state index contributed by atoms with van der Waals surface area (Å²) in [5.74, 6) is 0.0797. The number of benzene rings is 1. The van der Waals surface area contributed by atoms with Crippen molar-refractivity contribution < 1.29 is 10.3 Å². The van der Waals surface area contributed by atoms with Crippen LogP contribution in [-0.4, -0.2) is 40.9 Å². The normalized spacial score (nSPS) is 15.6. The van der Waals surface area contributed by atoms with Gasteiger partial charge in [0.25, 0.3) is 5.56 Å². The second-order valence-corrected chi connectivity index (χ2v) is 7.38. The van der Waals surface area contributed by atoms with E-state index >= 15 is 0 Å². The Labute approximate surface area is 164 Å². The summed E-state index contributed by atoms with van der Waals surface area (Å²) in [5, 5.41) is 0. The monoisotopic (exact) mass is 379 g/mol. The number of aromatic nitrogens is 1. The van der Waals surface area contributed by atoms with Gasteiger partial charge in [0.1, 0.15) is 0 Å². The quantitative estimate of drug-likeness (QED) is 0.888. The number of amides is 1. The van der Waals surface area contributed by atoms with Crippen LogP contribution in [-0.2, 0) is 11.2 Å². The van der Waals surface area contributed by atoms with Gasteiger partial charge in [0.05, 0.1) is 6.42 Å². The molecule has 0 unspecified atom stereocenters. The van der Waals surface area contributed by atoms with E-state index in [1.807, 2.05) is 24.3 Å². The van der Waals surface area contributed by atoms with Crippen LogP contribution in [0.5, 0.6) is 0 Å². The topological polar surface area (TPSA) is 87.9 Å². The van der Waals surface area contributed by atoms with Crippen LogP contribution in [0.2, 0.25) is 0 Å². The molecule has 1 aromatic carbocycles. The Balaban J connectivity index is 0.00000225. The SMILES string of the molecule is CC(C)N1C=C(c2c[nH]c(=O)c(-c3ccc4c(c3)CC(=O)N4C)c2)C=CC1.O. The van der Waals surface area contributed by atoms with Crippen molar-refractivity contribution in [1.82, 2.24) is 9.88 Å². The molecule has 1 aromatic heterocycles. The molecule has 0 aliphatic carbocycles. The number of nitrogens with one attached hydrogen (secondary N) is 1. The Morgan fingerprint density at radius 1 is 1.11 bits per heavy atom. The number of aromatic amines is 1. The number of hydrogen-bond acceptors (Lipinski definition) is 3. The van der Waals surface area contributed by atoms with E-state index in [-0.39, 0.29) is 16.9 Å². The van der Waals surface area contributed by atoms with E-state index in [9.17, 15) is 9.59 Å². The van der Waals surface area contributed by atoms with E-state index in [2.05, 4.69) is 42.1 Å². The number of carbonyl (C=O) groups is 1. The summed E-state index contributed by atoms with van der Waals surface area (Å²) in [6.45, 7) is 5.21. The van der Waals surface area contributed by atoms with Crippen LogP contribution < -0.4 is 10.5 Å². The molecular weight excluding hydrogens is 354 g/mol. The van der Waals surface area contributed by atoms with E-state index in [0.717, 1.165) is 34.5 Å². The number of hydrogen-bond donors (Lipinski definition) is 1. The first-order chi connectivity index (χ1) is 12.9. The standard InChI is InChI=1S/C22H23N3O2.H2O/c1-14(2)25-8-4-5-16(13-25)18-10-19(22(27)23-12-18)15-6-7-20-17(9-15)11-21(26)24(20)3;/h4-7,9-10,12-14H,8,11H2,1-3H3,(H,23,27);1H2. The van der Waals surface area contributed by atoms with Gasteiger partial charge in [0, 0.05) is 48.8 Å². The van der Waals surface area contributed by atoms with Crippen LogP contribution in [0.25, 0.3) is 16.7 Å². The zero-order valence-corrected chi connectivity index (χ0v) is 16.3. The highest BCUT2D eigenvalue weighted by atomic mass is 16.2. The number of anilines is 1. The maximum atomic E-state index is 12.5. The first kappa shape index (κ1) is 19.6. The molecule has 2 aliphatic heterocycles. The molecule has 146 valence electrons. The van der Waals surface area contributed by atoms with E-state index in [4.69, 9.17) is 0 Å². The second-order valence-electron chi connectivity index (χ2n) is 7.38. The van der Waals surface area contributed by atoms with Gasteiger partial charge in [-0.1, -0.05) is 18.2 Å². The van der Waals surface area contributed by atoms with Gasteiger partial charge >= 0.3 is 0 Å². The minimum absolute atomic E-state index is 0. The maximum absolute atomic E-state index is 12.5. The lowest BCUT2D eigenvalue weighted by Crippen LogP contribution is -2.27. The van der Waals surface area contributed by atoms with Gasteiger partial charge in [-0.25, -0.2) is 0 Å². The van der Waals surface area contributed by atoms with Gasteiger partial charge in [-0.2, -0.15) is 0 Å². The highest BCUT2D eigenvalue weighted by molar-refractivity contribution is 6.01. The number of likely N-dealkylation sites (N-methyl/N-ethyl adjacent to an activating group) is 1. The third-order valence-electron chi connectivity index (χ3n) is 5.29. The molecule has 0 saturated heterocycles. The molecule has 6 nitrogen and oxygen atoms in total. The predicted octanol–water partition coefficient (Wildman–Crippen LogP) is 2.36. The fourth-order valence-electron chi connectivity index (χ4n) is 3.61. The summed E-state index contributed by atoms with van der Waals surface area (Å²) in [7, 11) is 1.78. The van der Waals surface area contributed by atoms with E-state index in [1.165, 1.54) is 0 Å². The molecule has 3 N–H and O–H groups in total. The lowest BCUT2D eigenvalue weighted by atomic mass is 9.99. The average Bonchev–Trinajstić information content (AvgIpc) is 2.95. The third-order valence-corrected chi connectivity index (χ3v) is 5.29. The van der Waals surface area contributed by atoms with E-state index in [0.29, 0.717) is 18.0 Å². The zero-order valence-electron chi connectivity index (χ0n) is 16.3. The Morgan fingerprint density at radius 3 is 2.64 bits per heavy atom. The molecule has 0 radical (unpaired) electrons. The molecule has 6 heteroatoms. The van der Waals surface area contributed by atoms with Gasteiger partial charge in [0.2, 0.25) is 5.91 Å². The van der Waals surface area contributed by atoms with Crippen molar-refractivity contribution in [2.75, 3.05) is 18.5 Å². The first-order valence-corrected chi connectivity index (χ1v) is 9.21. The van der Waals surface area contributed by atoms with Crippen LogP contribution in [0.4, 0.5) is 5.69 Å². The summed E-state index contributed by atoms with van der Waals surface area (Å²) < 4.78 is 0. The first-order valence-electron chi connectivity index (χ1n) is 9.21. The molecule has 1 amide bonds. The molecule has 0 fully saturated rings. The van der Waals surface area contributed by atoms with Gasteiger partial charge in [0.15, 0.2) is 0 Å². The molecule has 2 aliphatic rings. The van der Waals surface area contributed by atoms with Gasteiger partial charge in [-0.15, -0.1) is 0 Å². The molecule has 28 heavy (non-hydrogen) atoms. The Bertz CT molecular complexity index is 1030. The largest absolute Gasteiger partial charge is 0.412 e. The Hall–Kier alpha value is -3.12. The highest BCUT2D eigenvalue weighted by Crippen LogP contribution is 2.32. The summed E-state index contributed by atoms with van der Waals surface area (Å²) in [6, 6.07) is 8.13. The minimum atomic E-state index is -0.127. The number of nitrogens with zero attached hydrogens (tertiary/aromatic N) is 2. The second kappa shape index (κ2) is 7.48. The Kier molecular flexibility index (Phi) is 5.25. The van der Waals surface area contributed by atoms with E-state index < -0.39 is 0 Å². The van der Waals surface area contributed by atoms with Crippen molar-refractivity contribution in [2.24, 2.45) is 0 Å². The number of pyridine rings is 1. The molecule has 0 atom stereocenters. The molecule has 3 heterocycles. The lowest BCUT2D eigenvalue weighted by Gasteiger charge is -2.27. The number of fused-ring (bicyclic) bond motifs is 1. The summed E-state index contributed by atoms with van der Waals surface area (Å²) in [5.41, 5.74) is 5.25. The van der Waals surface area contributed by atoms with Crippen LogP contribution in [0.15, 0.2) is 53.6 Å². The summed E-state index contributed by atoms with van der Waals surface area (Å²) in [4.78, 5) is 31.2. The maximum Gasteiger partial charge on any atom is 0.255 e. The van der Waals surface area contributed by atoms with Crippen molar-refractivity contribution in [2.45, 2.75) is 26.3 Å². The van der Waals surface area contributed by atoms with Crippen LogP contribution in [0.1, 0.15) is 25.0 Å². The average molecular weight is 379 g/mol. The summed E-state index contributed by atoms with van der Waals surface area (Å²) in [6.07, 6.45) is 8.51. The van der Waals surface area contributed by atoms with Crippen molar-refractivity contribution in [1.29, 1.82) is 0 Å². The van der Waals surface area contributed by atoms with Gasteiger partial charge < -0.3 is 20.3 Å². The number of rotatable bonds is 3. The molecule has 0 bridgehead atoms. The highest BCUT2D eigenvalue weighted by Gasteiger charge is 2.24. The molecule has 0 saturated carbocycles. The molecule has 2 aromatic rings. The third kappa shape index (κ3) is 3.39. The van der Waals surface area contributed by atoms with Gasteiger partial charge in [-0.3, -0.25) is 9.59 Å². The minimum Gasteiger partial charge on any atom is -0.412 e. The number of carbonyl (C=O) groups excluding carboxylic acids is 1. The van der Waals surface area contributed by atoms with Crippen molar-refractivity contribution >= 4 is 17.2 Å². The van der Waals surface area contributed by atoms with E-state index in [1.54, 1.807) is 18.1 Å². The lowest BCUT2D eigenvalue weighted by molar-refractivity contribution is -0.117. The fourth-order valence-corrected chi connectivity index (χ4v) is 3.61. The van der Waals surface area contributed by atoms with Crippen LogP contribution in [0, 0.1) is 0 Å². The number of H-pyrrole nitrogens is 1. The van der Waals surface area contributed by atoms with Crippen molar-refractivity contribution in [3.8, 4) is 11.1 Å². The van der Waals surface area contributed by atoms with Crippen LogP contribution in [0.3, 0.4) is 0 Å². The molecule has 4 rings (SSSR count). The van der Waals surface area contributed by atoms with Crippen molar-refractivity contribution in [3.05, 3.63) is 70.3 Å². The molecular formula is C22H25N3O3.